The second kappa shape index (κ2) is 5.68. The summed E-state index contributed by atoms with van der Waals surface area (Å²) in [6, 6.07) is 16.1. The number of hydrogen-bond acceptors (Lipinski definition) is 1. The predicted molar refractivity (Wildman–Crippen MR) is 90.0 cm³/mol. The van der Waals surface area contributed by atoms with Crippen molar-refractivity contribution >= 4 is 16.8 Å². The van der Waals surface area contributed by atoms with Gasteiger partial charge in [0.25, 0.3) is 5.91 Å². The van der Waals surface area contributed by atoms with Gasteiger partial charge in [-0.15, -0.1) is 0 Å². The summed E-state index contributed by atoms with van der Waals surface area (Å²) < 4.78 is 2.17. The summed E-state index contributed by atoms with van der Waals surface area (Å²) in [5.41, 5.74) is 5.35. The summed E-state index contributed by atoms with van der Waals surface area (Å²) in [5, 5.41) is 4.19. The molecule has 0 unspecified atom stereocenters. The van der Waals surface area contributed by atoms with Crippen LogP contribution in [0.5, 0.6) is 0 Å². The molecule has 1 N–H and O–H groups in total. The van der Waals surface area contributed by atoms with Crippen molar-refractivity contribution in [1.29, 1.82) is 0 Å². The van der Waals surface area contributed by atoms with E-state index in [-0.39, 0.29) is 5.91 Å². The molecule has 112 valence electrons. The maximum absolute atomic E-state index is 12.2. The van der Waals surface area contributed by atoms with Crippen molar-refractivity contribution in [2.45, 2.75) is 20.4 Å². The molecule has 0 aliphatic rings. The van der Waals surface area contributed by atoms with Gasteiger partial charge in [0.2, 0.25) is 0 Å². The molecule has 3 rings (SSSR count). The minimum atomic E-state index is -0.0342. The number of carbonyl (C=O) groups is 1. The number of hydrogen-bond donors (Lipinski definition) is 1. The third-order valence-corrected chi connectivity index (χ3v) is 4.08. The van der Waals surface area contributed by atoms with E-state index < -0.39 is 0 Å². The van der Waals surface area contributed by atoms with Crippen molar-refractivity contribution in [3.05, 3.63) is 70.9 Å². The number of nitrogens with zero attached hydrogens (tertiary/aromatic N) is 1. The van der Waals surface area contributed by atoms with E-state index in [0.717, 1.165) is 11.1 Å². The Balaban J connectivity index is 1.75. The van der Waals surface area contributed by atoms with Crippen molar-refractivity contribution in [3.8, 4) is 0 Å². The van der Waals surface area contributed by atoms with Gasteiger partial charge in [-0.3, -0.25) is 4.79 Å². The van der Waals surface area contributed by atoms with Crippen LogP contribution in [0.25, 0.3) is 10.9 Å². The number of carbonyl (C=O) groups excluding carboxylic acids is 1. The van der Waals surface area contributed by atoms with E-state index in [1.54, 1.807) is 0 Å². The maximum atomic E-state index is 12.2. The van der Waals surface area contributed by atoms with Gasteiger partial charge in [0.1, 0.15) is 0 Å². The molecule has 1 heterocycles. The van der Waals surface area contributed by atoms with Crippen molar-refractivity contribution in [1.82, 2.24) is 9.88 Å². The van der Waals surface area contributed by atoms with E-state index in [1.165, 1.54) is 16.6 Å². The number of aryl methyl sites for hydroxylation is 3. The van der Waals surface area contributed by atoms with Crippen LogP contribution in [0.3, 0.4) is 0 Å². The van der Waals surface area contributed by atoms with Gasteiger partial charge in [0.05, 0.1) is 0 Å². The molecule has 3 nitrogen and oxygen atoms in total. The molecule has 3 aromatic rings. The molecule has 0 spiro atoms. The number of nitrogens with one attached hydrogen (secondary N) is 1. The van der Waals surface area contributed by atoms with Gasteiger partial charge in [-0.05, 0) is 49.7 Å². The molecule has 0 aliphatic heterocycles. The highest BCUT2D eigenvalue weighted by Crippen LogP contribution is 2.19. The van der Waals surface area contributed by atoms with E-state index in [4.69, 9.17) is 0 Å². The van der Waals surface area contributed by atoms with Crippen molar-refractivity contribution in [2.24, 2.45) is 7.05 Å². The summed E-state index contributed by atoms with van der Waals surface area (Å²) >= 11 is 0. The standard InChI is InChI=1S/C19H20N2O/c1-13-5-4-6-16(9-13)19(22)20-12-15-7-8-18-17(11-15)10-14(2)21(18)3/h4-11H,12H2,1-3H3,(H,20,22). The molecule has 0 saturated carbocycles. The largest absolute Gasteiger partial charge is 0.348 e. The molecule has 2 aromatic carbocycles. The van der Waals surface area contributed by atoms with Crippen LogP contribution in [-0.4, -0.2) is 10.5 Å². The summed E-state index contributed by atoms with van der Waals surface area (Å²) in [4.78, 5) is 12.2. The van der Waals surface area contributed by atoms with Crippen LogP contribution >= 0.6 is 0 Å². The Hall–Kier alpha value is -2.55. The fourth-order valence-corrected chi connectivity index (χ4v) is 2.72. The lowest BCUT2D eigenvalue weighted by molar-refractivity contribution is 0.0951. The molecule has 22 heavy (non-hydrogen) atoms. The Morgan fingerprint density at radius 1 is 1.09 bits per heavy atom. The van der Waals surface area contributed by atoms with E-state index in [1.807, 2.05) is 31.2 Å². The Morgan fingerprint density at radius 3 is 2.68 bits per heavy atom. The van der Waals surface area contributed by atoms with Crippen LogP contribution in [0.1, 0.15) is 27.2 Å². The van der Waals surface area contributed by atoms with Gasteiger partial charge in [0.15, 0.2) is 0 Å². The highest BCUT2D eigenvalue weighted by molar-refractivity contribution is 5.94. The molecule has 1 amide bonds. The zero-order valence-corrected chi connectivity index (χ0v) is 13.2. The molecular weight excluding hydrogens is 272 g/mol. The minimum absolute atomic E-state index is 0.0342. The van der Waals surface area contributed by atoms with E-state index >= 15 is 0 Å². The van der Waals surface area contributed by atoms with Gasteiger partial charge >= 0.3 is 0 Å². The first kappa shape index (κ1) is 14.4. The Bertz CT molecular complexity index is 846. The summed E-state index contributed by atoms with van der Waals surface area (Å²) in [6.07, 6.45) is 0. The monoisotopic (exact) mass is 292 g/mol. The molecule has 3 heteroatoms. The maximum Gasteiger partial charge on any atom is 0.251 e. The van der Waals surface area contributed by atoms with Gasteiger partial charge in [-0.1, -0.05) is 23.8 Å². The lowest BCUT2D eigenvalue weighted by Gasteiger charge is -2.07. The zero-order valence-electron chi connectivity index (χ0n) is 13.2. The van der Waals surface area contributed by atoms with E-state index in [0.29, 0.717) is 12.1 Å². The highest BCUT2D eigenvalue weighted by Gasteiger charge is 2.07. The van der Waals surface area contributed by atoms with Crippen LogP contribution in [-0.2, 0) is 13.6 Å². The molecule has 1 aromatic heterocycles. The Morgan fingerprint density at radius 2 is 1.91 bits per heavy atom. The highest BCUT2D eigenvalue weighted by atomic mass is 16.1. The van der Waals surface area contributed by atoms with Crippen LogP contribution < -0.4 is 5.32 Å². The second-order valence-electron chi connectivity index (χ2n) is 5.79. The predicted octanol–water partition coefficient (Wildman–Crippen LogP) is 3.73. The van der Waals surface area contributed by atoms with Crippen molar-refractivity contribution in [2.75, 3.05) is 0 Å². The quantitative estimate of drug-likeness (QED) is 0.784. The summed E-state index contributed by atoms with van der Waals surface area (Å²) in [7, 11) is 2.07. The minimum Gasteiger partial charge on any atom is -0.348 e. The number of aromatic nitrogens is 1. The number of amides is 1. The first-order valence-electron chi connectivity index (χ1n) is 7.44. The smallest absolute Gasteiger partial charge is 0.251 e. The first-order chi connectivity index (χ1) is 10.5. The van der Waals surface area contributed by atoms with Crippen LogP contribution in [0.4, 0.5) is 0 Å². The fraction of sp³-hybridized carbons (Fsp3) is 0.211. The van der Waals surface area contributed by atoms with E-state index in [2.05, 4.69) is 48.1 Å². The van der Waals surface area contributed by atoms with Gasteiger partial charge in [-0.2, -0.15) is 0 Å². The molecule has 0 radical (unpaired) electrons. The van der Waals surface area contributed by atoms with Crippen LogP contribution in [0.15, 0.2) is 48.5 Å². The number of benzene rings is 2. The van der Waals surface area contributed by atoms with Crippen molar-refractivity contribution in [3.63, 3.8) is 0 Å². The fourth-order valence-electron chi connectivity index (χ4n) is 2.72. The lowest BCUT2D eigenvalue weighted by Crippen LogP contribution is -2.22. The van der Waals surface area contributed by atoms with E-state index in [9.17, 15) is 4.79 Å². The van der Waals surface area contributed by atoms with Gasteiger partial charge < -0.3 is 9.88 Å². The second-order valence-corrected chi connectivity index (χ2v) is 5.79. The molecule has 0 atom stereocenters. The SMILES string of the molecule is Cc1cccc(C(=O)NCc2ccc3c(c2)cc(C)n3C)c1. The van der Waals surface area contributed by atoms with Crippen molar-refractivity contribution < 1.29 is 4.79 Å². The molecule has 0 bridgehead atoms. The molecular formula is C19H20N2O. The first-order valence-corrected chi connectivity index (χ1v) is 7.44. The Labute approximate surface area is 130 Å². The normalized spacial score (nSPS) is 10.9. The summed E-state index contributed by atoms with van der Waals surface area (Å²) in [5.74, 6) is -0.0342. The molecule has 0 fully saturated rings. The van der Waals surface area contributed by atoms with Crippen LogP contribution in [0.2, 0.25) is 0 Å². The Kier molecular flexibility index (Phi) is 3.72. The third-order valence-electron chi connectivity index (χ3n) is 4.08. The van der Waals surface area contributed by atoms with Gasteiger partial charge in [-0.25, -0.2) is 0 Å². The van der Waals surface area contributed by atoms with Crippen LogP contribution in [0, 0.1) is 13.8 Å². The average molecular weight is 292 g/mol. The molecule has 0 saturated heterocycles. The third kappa shape index (κ3) is 2.75. The molecule has 0 aliphatic carbocycles. The van der Waals surface area contributed by atoms with Gasteiger partial charge in [0, 0.05) is 35.8 Å². The number of rotatable bonds is 3. The average Bonchev–Trinajstić information content (AvgIpc) is 2.79. The topological polar surface area (TPSA) is 34.0 Å². The number of fused-ring (bicyclic) bond motifs is 1. The summed E-state index contributed by atoms with van der Waals surface area (Å²) in [6.45, 7) is 4.62. The zero-order chi connectivity index (χ0) is 15.7. The lowest BCUT2D eigenvalue weighted by atomic mass is 10.1.